The molecule has 4 aromatic heterocycles. The van der Waals surface area contributed by atoms with Gasteiger partial charge in [0, 0.05) is 50.4 Å². The maximum atomic E-state index is 12.5. The van der Waals surface area contributed by atoms with Crippen LogP contribution in [0, 0.1) is 13.8 Å². The number of nitrogens with one attached hydrogen (secondary N) is 2. The van der Waals surface area contributed by atoms with Gasteiger partial charge in [0.25, 0.3) is 5.56 Å². The van der Waals surface area contributed by atoms with Crippen LogP contribution in [0.5, 0.6) is 0 Å². The summed E-state index contributed by atoms with van der Waals surface area (Å²) < 4.78 is 3.43. The van der Waals surface area contributed by atoms with Gasteiger partial charge in [-0.15, -0.1) is 0 Å². The third-order valence-electron chi connectivity index (χ3n) is 5.46. The number of pyridine rings is 2. The molecular weight excluding hydrogens is 394 g/mol. The maximum Gasteiger partial charge on any atom is 0.273 e. The Kier molecular flexibility index (Phi) is 5.66. The lowest BCUT2D eigenvalue weighted by molar-refractivity contribution is -0.116. The van der Waals surface area contributed by atoms with E-state index in [1.54, 1.807) is 30.2 Å². The summed E-state index contributed by atoms with van der Waals surface area (Å²) in [7, 11) is 1.76. The Balaban J connectivity index is 1.37. The first-order valence-electron chi connectivity index (χ1n) is 10.2. The topological polar surface area (TPSA) is 110 Å². The fraction of sp³-hybridized carbons (Fsp3) is 0.318. The summed E-state index contributed by atoms with van der Waals surface area (Å²) in [5.74, 6) is 0.404. The molecule has 0 aromatic carbocycles. The normalized spacial score (nSPS) is 11.2. The highest BCUT2D eigenvalue weighted by Crippen LogP contribution is 2.21. The maximum absolute atomic E-state index is 12.5. The third kappa shape index (κ3) is 4.40. The van der Waals surface area contributed by atoms with Gasteiger partial charge in [-0.1, -0.05) is 0 Å². The molecule has 4 heterocycles. The third-order valence-corrected chi connectivity index (χ3v) is 5.46. The molecule has 0 atom stereocenters. The van der Waals surface area contributed by atoms with Crippen molar-refractivity contribution in [3.63, 3.8) is 0 Å². The van der Waals surface area contributed by atoms with Gasteiger partial charge in [0.15, 0.2) is 11.5 Å². The molecule has 0 saturated heterocycles. The highest BCUT2D eigenvalue weighted by atomic mass is 16.1. The number of nitrogens with zero attached hydrogens (tertiary/aromatic N) is 5. The van der Waals surface area contributed by atoms with Gasteiger partial charge in [0.05, 0.1) is 5.39 Å². The van der Waals surface area contributed by atoms with Gasteiger partial charge in [-0.3, -0.25) is 29.0 Å². The number of fused-ring (bicyclic) bond motifs is 1. The Morgan fingerprint density at radius 3 is 2.71 bits per heavy atom. The highest BCUT2D eigenvalue weighted by Gasteiger charge is 2.16. The zero-order valence-corrected chi connectivity index (χ0v) is 17.8. The van der Waals surface area contributed by atoms with Crippen LogP contribution in [0.25, 0.3) is 11.0 Å². The number of aryl methyl sites for hydroxylation is 5. The number of carbonyl (C=O) groups is 1. The second kappa shape index (κ2) is 8.55. The van der Waals surface area contributed by atoms with Crippen molar-refractivity contribution in [3.8, 4) is 0 Å². The zero-order valence-electron chi connectivity index (χ0n) is 17.8. The van der Waals surface area contributed by atoms with E-state index in [-0.39, 0.29) is 17.9 Å². The van der Waals surface area contributed by atoms with E-state index in [1.807, 2.05) is 36.9 Å². The predicted molar refractivity (Wildman–Crippen MR) is 118 cm³/mol. The standard InChI is InChI=1S/C22H25N7O2/c1-14-17(15(2)24-21-20(14)22(31)27-28(21)3)4-5-19(30)25-18-9-13-29(26-18)12-8-16-6-10-23-11-7-16/h6-7,9-11,13H,4-5,8,12H2,1-3H3,(H,27,31)(H,25,26,30). The molecular formula is C22H25N7O2. The SMILES string of the molecule is Cc1nc2c(c(C)c1CCC(=O)Nc1ccn(CCc3ccncc3)n1)c(=O)[nH]n2C. The number of aromatic nitrogens is 6. The van der Waals surface area contributed by atoms with Crippen LogP contribution in [0.3, 0.4) is 0 Å². The quantitative estimate of drug-likeness (QED) is 0.477. The van der Waals surface area contributed by atoms with E-state index in [0.29, 0.717) is 23.3 Å². The van der Waals surface area contributed by atoms with Gasteiger partial charge in [0.2, 0.25) is 5.91 Å². The molecule has 160 valence electrons. The molecule has 0 spiro atoms. The van der Waals surface area contributed by atoms with Crippen molar-refractivity contribution in [1.82, 2.24) is 29.5 Å². The van der Waals surface area contributed by atoms with Gasteiger partial charge in [-0.2, -0.15) is 5.10 Å². The van der Waals surface area contributed by atoms with E-state index in [2.05, 4.69) is 25.5 Å². The summed E-state index contributed by atoms with van der Waals surface area (Å²) in [4.78, 5) is 33.2. The molecule has 2 N–H and O–H groups in total. The van der Waals surface area contributed by atoms with Crippen molar-refractivity contribution >= 4 is 22.8 Å². The zero-order chi connectivity index (χ0) is 22.0. The molecule has 4 rings (SSSR count). The Bertz CT molecular complexity index is 1280. The summed E-state index contributed by atoms with van der Waals surface area (Å²) >= 11 is 0. The average molecular weight is 419 g/mol. The Hall–Kier alpha value is -3.75. The van der Waals surface area contributed by atoms with Gasteiger partial charge in [-0.05, 0) is 55.5 Å². The minimum absolute atomic E-state index is 0.125. The van der Waals surface area contributed by atoms with Crippen LogP contribution in [0.2, 0.25) is 0 Å². The lowest BCUT2D eigenvalue weighted by Gasteiger charge is -2.10. The first-order valence-corrected chi connectivity index (χ1v) is 10.2. The molecule has 0 saturated carbocycles. The van der Waals surface area contributed by atoms with Crippen LogP contribution in [0.15, 0.2) is 41.6 Å². The van der Waals surface area contributed by atoms with Crippen LogP contribution in [0.4, 0.5) is 5.82 Å². The molecule has 1 amide bonds. The number of H-pyrrole nitrogens is 1. The molecule has 0 fully saturated rings. The highest BCUT2D eigenvalue weighted by molar-refractivity contribution is 5.90. The first-order chi connectivity index (χ1) is 14.9. The van der Waals surface area contributed by atoms with Crippen molar-refractivity contribution in [2.75, 3.05) is 5.32 Å². The molecule has 0 bridgehead atoms. The number of anilines is 1. The number of rotatable bonds is 7. The molecule has 9 nitrogen and oxygen atoms in total. The molecule has 0 unspecified atom stereocenters. The summed E-state index contributed by atoms with van der Waals surface area (Å²) in [6, 6.07) is 5.75. The minimum Gasteiger partial charge on any atom is -0.309 e. The largest absolute Gasteiger partial charge is 0.309 e. The molecule has 31 heavy (non-hydrogen) atoms. The van der Waals surface area contributed by atoms with Crippen LogP contribution in [-0.2, 0) is 31.2 Å². The first kappa shape index (κ1) is 20.5. The van der Waals surface area contributed by atoms with Crippen molar-refractivity contribution in [1.29, 1.82) is 0 Å². The van der Waals surface area contributed by atoms with Crippen molar-refractivity contribution in [3.05, 3.63) is 69.5 Å². The fourth-order valence-corrected chi connectivity index (χ4v) is 3.81. The second-order valence-electron chi connectivity index (χ2n) is 7.62. The van der Waals surface area contributed by atoms with Crippen LogP contribution >= 0.6 is 0 Å². The molecule has 9 heteroatoms. The van der Waals surface area contributed by atoms with E-state index in [4.69, 9.17) is 0 Å². The smallest absolute Gasteiger partial charge is 0.273 e. The Morgan fingerprint density at radius 1 is 1.16 bits per heavy atom. The van der Waals surface area contributed by atoms with Crippen molar-refractivity contribution in [2.45, 2.75) is 39.7 Å². The number of hydrogen-bond acceptors (Lipinski definition) is 5. The summed E-state index contributed by atoms with van der Waals surface area (Å²) in [5, 5.41) is 10.6. The number of carbonyl (C=O) groups excluding carboxylic acids is 1. The van der Waals surface area contributed by atoms with E-state index in [9.17, 15) is 9.59 Å². The van der Waals surface area contributed by atoms with Crippen LogP contribution in [-0.4, -0.2) is 35.4 Å². The fourth-order valence-electron chi connectivity index (χ4n) is 3.81. The van der Waals surface area contributed by atoms with Crippen LogP contribution in [0.1, 0.15) is 28.8 Å². The van der Waals surface area contributed by atoms with Gasteiger partial charge < -0.3 is 5.32 Å². The van der Waals surface area contributed by atoms with Crippen molar-refractivity contribution < 1.29 is 4.79 Å². The number of hydrogen-bond donors (Lipinski definition) is 2. The predicted octanol–water partition coefficient (Wildman–Crippen LogP) is 2.28. The number of aromatic amines is 1. The molecule has 0 aliphatic heterocycles. The summed E-state index contributed by atoms with van der Waals surface area (Å²) in [6.07, 6.45) is 7.02. The lowest BCUT2D eigenvalue weighted by atomic mass is 10.0. The Labute approximate surface area is 179 Å². The van der Waals surface area contributed by atoms with Crippen LogP contribution < -0.4 is 10.9 Å². The number of amides is 1. The van der Waals surface area contributed by atoms with Crippen molar-refractivity contribution in [2.24, 2.45) is 7.05 Å². The van der Waals surface area contributed by atoms with E-state index < -0.39 is 0 Å². The van der Waals surface area contributed by atoms with Gasteiger partial charge in [0.1, 0.15) is 0 Å². The second-order valence-corrected chi connectivity index (χ2v) is 7.62. The molecule has 0 aliphatic carbocycles. The molecule has 0 radical (unpaired) electrons. The lowest BCUT2D eigenvalue weighted by Crippen LogP contribution is -2.14. The van der Waals surface area contributed by atoms with E-state index in [1.165, 1.54) is 5.56 Å². The van der Waals surface area contributed by atoms with Gasteiger partial charge in [-0.25, -0.2) is 4.98 Å². The summed E-state index contributed by atoms with van der Waals surface area (Å²) in [6.45, 7) is 4.53. The average Bonchev–Trinajstić information content (AvgIpc) is 3.30. The van der Waals surface area contributed by atoms with E-state index >= 15 is 0 Å². The van der Waals surface area contributed by atoms with E-state index in [0.717, 1.165) is 29.8 Å². The Morgan fingerprint density at radius 2 is 1.94 bits per heavy atom. The minimum atomic E-state index is -0.162. The summed E-state index contributed by atoms with van der Waals surface area (Å²) in [5.41, 5.74) is 4.29. The molecule has 0 aliphatic rings. The van der Waals surface area contributed by atoms with Gasteiger partial charge >= 0.3 is 0 Å². The monoisotopic (exact) mass is 419 g/mol. The molecule has 4 aromatic rings.